The van der Waals surface area contributed by atoms with E-state index >= 15 is 0 Å². The fraction of sp³-hybridized carbons (Fsp3) is 0.545. The van der Waals surface area contributed by atoms with Gasteiger partial charge in [-0.1, -0.05) is 30.9 Å². The van der Waals surface area contributed by atoms with Gasteiger partial charge >= 0.3 is 0 Å². The van der Waals surface area contributed by atoms with Gasteiger partial charge in [0.15, 0.2) is 0 Å². The number of hydrogen-bond acceptors (Lipinski definition) is 5. The van der Waals surface area contributed by atoms with Crippen molar-refractivity contribution in [3.05, 3.63) is 35.4 Å². The van der Waals surface area contributed by atoms with E-state index in [0.29, 0.717) is 26.3 Å². The first-order chi connectivity index (χ1) is 13.7. The number of aliphatic hydroxyl groups is 1. The molecule has 0 bridgehead atoms. The van der Waals surface area contributed by atoms with Crippen molar-refractivity contribution in [1.82, 2.24) is 9.80 Å². The molecule has 148 valence electrons. The number of nitriles is 1. The summed E-state index contributed by atoms with van der Waals surface area (Å²) in [6.45, 7) is 4.86. The first-order valence-electron chi connectivity index (χ1n) is 9.90. The predicted molar refractivity (Wildman–Crippen MR) is 105 cm³/mol. The summed E-state index contributed by atoms with van der Waals surface area (Å²) < 4.78 is 5.31. The zero-order valence-corrected chi connectivity index (χ0v) is 16.3. The lowest BCUT2D eigenvalue weighted by molar-refractivity contribution is -0.149. The van der Waals surface area contributed by atoms with Crippen LogP contribution < -0.4 is 0 Å². The van der Waals surface area contributed by atoms with Crippen molar-refractivity contribution in [2.45, 2.75) is 37.8 Å². The summed E-state index contributed by atoms with van der Waals surface area (Å²) in [5, 5.41) is 19.6. The second-order valence-corrected chi connectivity index (χ2v) is 7.21. The van der Waals surface area contributed by atoms with Gasteiger partial charge in [0.25, 0.3) is 0 Å². The molecule has 0 radical (unpaired) electrons. The molecule has 3 rings (SSSR count). The number of unbranched alkanes of at least 4 members (excludes halogenated alkanes) is 1. The highest BCUT2D eigenvalue weighted by atomic mass is 16.5. The Kier molecular flexibility index (Phi) is 7.06. The number of ether oxygens (including phenoxy) is 1. The van der Waals surface area contributed by atoms with Gasteiger partial charge in [-0.25, -0.2) is 0 Å². The van der Waals surface area contributed by atoms with Gasteiger partial charge < -0.3 is 14.7 Å². The van der Waals surface area contributed by atoms with Gasteiger partial charge in [-0.2, -0.15) is 5.26 Å². The fourth-order valence-corrected chi connectivity index (χ4v) is 3.86. The summed E-state index contributed by atoms with van der Waals surface area (Å²) >= 11 is 0. The van der Waals surface area contributed by atoms with E-state index in [1.165, 1.54) is 0 Å². The van der Waals surface area contributed by atoms with Crippen molar-refractivity contribution in [1.29, 1.82) is 5.26 Å². The van der Waals surface area contributed by atoms with Crippen LogP contribution in [0.1, 0.15) is 36.8 Å². The normalized spacial score (nSPS) is 24.6. The van der Waals surface area contributed by atoms with Crippen LogP contribution in [0.4, 0.5) is 0 Å². The minimum atomic E-state index is -0.553. The minimum absolute atomic E-state index is 0.106. The number of hydrogen-bond donors (Lipinski definition) is 1. The molecule has 2 aliphatic heterocycles. The molecular weight excluding hydrogens is 354 g/mol. The maximum Gasteiger partial charge on any atom is 0.238 e. The molecule has 2 fully saturated rings. The van der Waals surface area contributed by atoms with Crippen LogP contribution in [0.5, 0.6) is 0 Å². The molecule has 0 saturated carbocycles. The van der Waals surface area contributed by atoms with E-state index in [4.69, 9.17) is 4.74 Å². The van der Waals surface area contributed by atoms with E-state index in [1.807, 2.05) is 29.2 Å². The van der Waals surface area contributed by atoms with Crippen LogP contribution in [-0.2, 0) is 9.53 Å². The summed E-state index contributed by atoms with van der Waals surface area (Å²) in [6.07, 6.45) is 1.90. The molecule has 3 atom stereocenters. The largest absolute Gasteiger partial charge is 0.394 e. The molecule has 1 N–H and O–H groups in total. The quantitative estimate of drug-likeness (QED) is 0.779. The minimum Gasteiger partial charge on any atom is -0.394 e. The molecular formula is C22H27N3O3. The number of likely N-dealkylation sites (tertiary alicyclic amines) is 1. The first-order valence-corrected chi connectivity index (χ1v) is 9.90. The van der Waals surface area contributed by atoms with E-state index in [-0.39, 0.29) is 31.0 Å². The molecule has 6 nitrogen and oxygen atoms in total. The van der Waals surface area contributed by atoms with Gasteiger partial charge in [-0.15, -0.1) is 0 Å². The highest BCUT2D eigenvalue weighted by Crippen LogP contribution is 2.40. The van der Waals surface area contributed by atoms with Crippen LogP contribution in [0.2, 0.25) is 0 Å². The van der Waals surface area contributed by atoms with Gasteiger partial charge in [0.05, 0.1) is 38.5 Å². The van der Waals surface area contributed by atoms with Crippen molar-refractivity contribution in [3.8, 4) is 17.9 Å². The van der Waals surface area contributed by atoms with Crippen molar-refractivity contribution in [2.75, 3.05) is 39.5 Å². The summed E-state index contributed by atoms with van der Waals surface area (Å²) in [4.78, 5) is 16.4. The lowest BCUT2D eigenvalue weighted by atomic mass is 9.75. The predicted octanol–water partition coefficient (Wildman–Crippen LogP) is 1.35. The third kappa shape index (κ3) is 4.36. The average molecular weight is 381 g/mol. The number of benzene rings is 1. The van der Waals surface area contributed by atoms with Gasteiger partial charge in [0.2, 0.25) is 5.91 Å². The Morgan fingerprint density at radius 1 is 1.29 bits per heavy atom. The molecule has 0 aliphatic carbocycles. The van der Waals surface area contributed by atoms with Gasteiger partial charge in [0.1, 0.15) is 6.04 Å². The molecule has 2 aliphatic rings. The number of amides is 1. The van der Waals surface area contributed by atoms with Crippen molar-refractivity contribution >= 4 is 5.91 Å². The maximum absolute atomic E-state index is 12.8. The van der Waals surface area contributed by atoms with E-state index in [1.54, 1.807) is 4.90 Å². The summed E-state index contributed by atoms with van der Waals surface area (Å²) in [7, 11) is 0. The molecule has 1 aromatic rings. The molecule has 1 aromatic carbocycles. The average Bonchev–Trinajstić information content (AvgIpc) is 2.70. The molecule has 0 spiro atoms. The van der Waals surface area contributed by atoms with Crippen LogP contribution in [0, 0.1) is 23.2 Å². The molecule has 28 heavy (non-hydrogen) atoms. The topological polar surface area (TPSA) is 76.8 Å². The third-order valence-corrected chi connectivity index (χ3v) is 5.38. The Bertz CT molecular complexity index is 769. The van der Waals surface area contributed by atoms with Crippen molar-refractivity contribution in [3.63, 3.8) is 0 Å². The van der Waals surface area contributed by atoms with Crippen LogP contribution >= 0.6 is 0 Å². The zero-order chi connectivity index (χ0) is 19.9. The molecule has 0 unspecified atom stereocenters. The van der Waals surface area contributed by atoms with Gasteiger partial charge in [-0.05, 0) is 24.1 Å². The van der Waals surface area contributed by atoms with E-state index < -0.39 is 6.04 Å². The molecule has 2 heterocycles. The summed E-state index contributed by atoms with van der Waals surface area (Å²) in [6, 6.07) is 9.14. The summed E-state index contributed by atoms with van der Waals surface area (Å²) in [5.74, 6) is 5.96. The third-order valence-electron chi connectivity index (χ3n) is 5.38. The SMILES string of the molecule is CCCC#Cc1ccc([C@H]2[C@@H](C#N)N(C(=O)CN3CCOCC3)[C@H]2CO)cc1. The number of aliphatic hydroxyl groups excluding tert-OH is 1. The van der Waals surface area contributed by atoms with Gasteiger partial charge in [0, 0.05) is 31.0 Å². The fourth-order valence-electron chi connectivity index (χ4n) is 3.86. The standard InChI is InChI=1S/C22H27N3O3/c1-2-3-4-5-17-6-8-18(9-7-17)22-19(14-23)25(20(22)16-26)21(27)15-24-10-12-28-13-11-24/h6-9,19-20,22,26H,2-3,10-13,15-16H2,1H3/t19-,20+,22+/m1/s1. The molecule has 1 amide bonds. The van der Waals surface area contributed by atoms with Crippen LogP contribution in [0.25, 0.3) is 0 Å². The molecule has 2 saturated heterocycles. The molecule has 6 heteroatoms. The van der Waals surface area contributed by atoms with Crippen LogP contribution in [-0.4, -0.2) is 72.4 Å². The number of nitrogens with zero attached hydrogens (tertiary/aromatic N) is 3. The van der Waals surface area contributed by atoms with Crippen molar-refractivity contribution in [2.24, 2.45) is 0 Å². The number of carbonyl (C=O) groups excluding carboxylic acids is 1. The highest BCUT2D eigenvalue weighted by Gasteiger charge is 2.51. The Hall–Kier alpha value is -2.38. The van der Waals surface area contributed by atoms with Crippen LogP contribution in [0.15, 0.2) is 24.3 Å². The number of morpholine rings is 1. The number of rotatable bonds is 5. The lowest BCUT2D eigenvalue weighted by Crippen LogP contribution is -2.66. The van der Waals surface area contributed by atoms with E-state index in [9.17, 15) is 15.2 Å². The van der Waals surface area contributed by atoms with Crippen LogP contribution in [0.3, 0.4) is 0 Å². The maximum atomic E-state index is 12.8. The smallest absolute Gasteiger partial charge is 0.238 e. The number of carbonyl (C=O) groups is 1. The zero-order valence-electron chi connectivity index (χ0n) is 16.3. The second kappa shape index (κ2) is 9.71. The Morgan fingerprint density at radius 3 is 2.61 bits per heavy atom. The Balaban J connectivity index is 1.69. The monoisotopic (exact) mass is 381 g/mol. The van der Waals surface area contributed by atoms with E-state index in [0.717, 1.165) is 24.0 Å². The lowest BCUT2D eigenvalue weighted by Gasteiger charge is -2.52. The Morgan fingerprint density at radius 2 is 2.00 bits per heavy atom. The highest BCUT2D eigenvalue weighted by molar-refractivity contribution is 5.81. The summed E-state index contributed by atoms with van der Waals surface area (Å²) in [5.41, 5.74) is 1.90. The Labute approximate surface area is 166 Å². The van der Waals surface area contributed by atoms with Gasteiger partial charge in [-0.3, -0.25) is 9.69 Å². The first kappa shape index (κ1) is 20.4. The van der Waals surface area contributed by atoms with Crippen molar-refractivity contribution < 1.29 is 14.6 Å². The van der Waals surface area contributed by atoms with E-state index in [2.05, 4.69) is 24.8 Å². The second-order valence-electron chi connectivity index (χ2n) is 7.21. The molecule has 0 aromatic heterocycles.